The number of rotatable bonds is 8. The molecule has 27 heavy (non-hydrogen) atoms. The molecule has 1 amide bonds. The number of hydrogen-bond donors (Lipinski definition) is 1. The van der Waals surface area contributed by atoms with Crippen molar-refractivity contribution in [2.45, 2.75) is 20.0 Å². The molecule has 140 valence electrons. The fourth-order valence-corrected chi connectivity index (χ4v) is 2.70. The zero-order valence-corrected chi connectivity index (χ0v) is 16.1. The van der Waals surface area contributed by atoms with E-state index in [-0.39, 0.29) is 18.8 Å². The van der Waals surface area contributed by atoms with Gasteiger partial charge in [-0.05, 0) is 46.6 Å². The number of hydrogen-bond acceptors (Lipinski definition) is 5. The largest absolute Gasteiger partial charge is 0.490 e. The first-order chi connectivity index (χ1) is 13.0. The standard InChI is InChI=1S/C19H17BrFN3O3/c1-2-26-17-10-13(11-23-24-18(25)7-8-22)9-15(20)19(17)27-12-14-5-3-4-6-16(14)21/h3-6,9-11H,2,7,12H2,1H3,(H,24,25)/b23-11+. The summed E-state index contributed by atoms with van der Waals surface area (Å²) in [6, 6.07) is 11.5. The van der Waals surface area contributed by atoms with Gasteiger partial charge < -0.3 is 9.47 Å². The van der Waals surface area contributed by atoms with Crippen LogP contribution in [0.15, 0.2) is 46.0 Å². The molecule has 0 unspecified atom stereocenters. The van der Waals surface area contributed by atoms with Crippen molar-refractivity contribution in [3.8, 4) is 17.6 Å². The van der Waals surface area contributed by atoms with Crippen LogP contribution >= 0.6 is 15.9 Å². The number of benzene rings is 2. The van der Waals surface area contributed by atoms with E-state index >= 15 is 0 Å². The minimum atomic E-state index is -0.498. The highest BCUT2D eigenvalue weighted by Crippen LogP contribution is 2.37. The molecule has 6 nitrogen and oxygen atoms in total. The number of nitrogens with one attached hydrogen (secondary N) is 1. The third kappa shape index (κ3) is 6.08. The molecule has 2 aromatic rings. The third-order valence-corrected chi connectivity index (χ3v) is 3.89. The van der Waals surface area contributed by atoms with Gasteiger partial charge in [0.2, 0.25) is 0 Å². The summed E-state index contributed by atoms with van der Waals surface area (Å²) in [5.74, 6) is 0.0462. The maximum Gasteiger partial charge on any atom is 0.254 e. The van der Waals surface area contributed by atoms with Crippen molar-refractivity contribution >= 4 is 28.1 Å². The highest BCUT2D eigenvalue weighted by molar-refractivity contribution is 9.10. The number of halogens is 2. The molecule has 0 radical (unpaired) electrons. The van der Waals surface area contributed by atoms with Gasteiger partial charge in [-0.15, -0.1) is 0 Å². The maximum atomic E-state index is 13.8. The molecule has 0 saturated carbocycles. The van der Waals surface area contributed by atoms with Gasteiger partial charge in [0.15, 0.2) is 11.5 Å². The number of ether oxygens (including phenoxy) is 2. The van der Waals surface area contributed by atoms with E-state index in [1.165, 1.54) is 12.3 Å². The minimum absolute atomic E-state index is 0.0446. The SMILES string of the molecule is CCOc1cc(/C=N/NC(=O)CC#N)cc(Br)c1OCc1ccccc1F. The normalized spacial score (nSPS) is 10.4. The Kier molecular flexibility index (Phi) is 7.77. The molecule has 0 spiro atoms. The van der Waals surface area contributed by atoms with Crippen LogP contribution < -0.4 is 14.9 Å². The van der Waals surface area contributed by atoms with Crippen LogP contribution in [0, 0.1) is 17.1 Å². The number of carbonyl (C=O) groups is 1. The quantitative estimate of drug-likeness (QED) is 0.504. The zero-order chi connectivity index (χ0) is 19.6. The van der Waals surface area contributed by atoms with E-state index in [0.29, 0.717) is 33.7 Å². The number of carbonyl (C=O) groups excluding carboxylic acids is 1. The summed E-state index contributed by atoms with van der Waals surface area (Å²) in [7, 11) is 0. The molecule has 2 aromatic carbocycles. The average Bonchev–Trinajstić information content (AvgIpc) is 2.63. The first-order valence-corrected chi connectivity index (χ1v) is 8.85. The smallest absolute Gasteiger partial charge is 0.254 e. The van der Waals surface area contributed by atoms with Gasteiger partial charge >= 0.3 is 0 Å². The summed E-state index contributed by atoms with van der Waals surface area (Å²) in [4.78, 5) is 11.2. The van der Waals surface area contributed by atoms with E-state index in [0.717, 1.165) is 0 Å². The summed E-state index contributed by atoms with van der Waals surface area (Å²) < 4.78 is 25.7. The predicted molar refractivity (Wildman–Crippen MR) is 102 cm³/mol. The highest BCUT2D eigenvalue weighted by atomic mass is 79.9. The van der Waals surface area contributed by atoms with E-state index < -0.39 is 5.91 Å². The van der Waals surface area contributed by atoms with Crippen molar-refractivity contribution in [1.82, 2.24) is 5.43 Å². The van der Waals surface area contributed by atoms with E-state index in [4.69, 9.17) is 14.7 Å². The third-order valence-electron chi connectivity index (χ3n) is 3.30. The van der Waals surface area contributed by atoms with Gasteiger partial charge in [0, 0.05) is 5.56 Å². The Morgan fingerprint density at radius 1 is 1.37 bits per heavy atom. The molecule has 0 heterocycles. The fourth-order valence-electron chi connectivity index (χ4n) is 2.12. The molecule has 1 N–H and O–H groups in total. The van der Waals surface area contributed by atoms with Crippen LogP contribution in [0.5, 0.6) is 11.5 Å². The second-order valence-corrected chi connectivity index (χ2v) is 6.13. The topological polar surface area (TPSA) is 83.7 Å². The van der Waals surface area contributed by atoms with E-state index in [2.05, 4.69) is 26.5 Å². The fraction of sp³-hybridized carbons (Fsp3) is 0.211. The van der Waals surface area contributed by atoms with E-state index in [1.807, 2.05) is 6.92 Å². The Bertz CT molecular complexity index is 881. The Hall–Kier alpha value is -2.92. The van der Waals surface area contributed by atoms with Gasteiger partial charge in [0.25, 0.3) is 5.91 Å². The van der Waals surface area contributed by atoms with Crippen LogP contribution in [0.4, 0.5) is 4.39 Å². The van der Waals surface area contributed by atoms with Crippen molar-refractivity contribution in [3.05, 3.63) is 57.8 Å². The number of hydrazone groups is 1. The van der Waals surface area contributed by atoms with Crippen LogP contribution in [0.3, 0.4) is 0 Å². The Morgan fingerprint density at radius 3 is 2.85 bits per heavy atom. The molecule has 0 atom stereocenters. The van der Waals surface area contributed by atoms with Crippen molar-refractivity contribution < 1.29 is 18.7 Å². The first-order valence-electron chi connectivity index (χ1n) is 8.06. The summed E-state index contributed by atoms with van der Waals surface area (Å²) >= 11 is 3.41. The number of amides is 1. The average molecular weight is 434 g/mol. The summed E-state index contributed by atoms with van der Waals surface area (Å²) in [6.45, 7) is 2.28. The zero-order valence-electron chi connectivity index (χ0n) is 14.5. The summed E-state index contributed by atoms with van der Waals surface area (Å²) in [6.07, 6.45) is 1.15. The lowest BCUT2D eigenvalue weighted by Crippen LogP contribution is -2.16. The van der Waals surface area contributed by atoms with Crippen LogP contribution in [0.25, 0.3) is 0 Å². The lowest BCUT2D eigenvalue weighted by Gasteiger charge is -2.15. The monoisotopic (exact) mass is 433 g/mol. The molecular weight excluding hydrogens is 417 g/mol. The molecule has 0 saturated heterocycles. The Morgan fingerprint density at radius 2 is 2.15 bits per heavy atom. The summed E-state index contributed by atoms with van der Waals surface area (Å²) in [5, 5.41) is 12.2. The molecule has 0 aliphatic carbocycles. The molecule has 8 heteroatoms. The van der Waals surface area contributed by atoms with Gasteiger partial charge in [-0.1, -0.05) is 18.2 Å². The molecule has 0 aliphatic heterocycles. The molecular formula is C19H17BrFN3O3. The van der Waals surface area contributed by atoms with Crippen LogP contribution in [-0.2, 0) is 11.4 Å². The minimum Gasteiger partial charge on any atom is -0.490 e. The van der Waals surface area contributed by atoms with E-state index in [9.17, 15) is 9.18 Å². The highest BCUT2D eigenvalue weighted by Gasteiger charge is 2.13. The lowest BCUT2D eigenvalue weighted by atomic mass is 10.2. The van der Waals surface area contributed by atoms with Crippen molar-refractivity contribution in [2.24, 2.45) is 5.10 Å². The van der Waals surface area contributed by atoms with Gasteiger partial charge in [0.1, 0.15) is 18.8 Å². The van der Waals surface area contributed by atoms with Gasteiger partial charge in [-0.25, -0.2) is 9.82 Å². The van der Waals surface area contributed by atoms with Crippen molar-refractivity contribution in [1.29, 1.82) is 5.26 Å². The molecule has 0 aliphatic rings. The second-order valence-electron chi connectivity index (χ2n) is 5.27. The lowest BCUT2D eigenvalue weighted by molar-refractivity contribution is -0.120. The van der Waals surface area contributed by atoms with Crippen molar-refractivity contribution in [3.63, 3.8) is 0 Å². The van der Waals surface area contributed by atoms with Crippen LogP contribution in [0.1, 0.15) is 24.5 Å². The van der Waals surface area contributed by atoms with Gasteiger partial charge in [-0.3, -0.25) is 4.79 Å². The van der Waals surface area contributed by atoms with Crippen LogP contribution in [-0.4, -0.2) is 18.7 Å². The molecule has 0 aromatic heterocycles. The Labute approximate surface area is 164 Å². The predicted octanol–water partition coefficient (Wildman–Crippen LogP) is 3.93. The molecule has 2 rings (SSSR count). The molecule has 0 fully saturated rings. The maximum absolute atomic E-state index is 13.8. The van der Waals surface area contributed by atoms with E-state index in [1.54, 1.807) is 36.4 Å². The number of nitrogens with zero attached hydrogens (tertiary/aromatic N) is 2. The Balaban J connectivity index is 2.18. The summed E-state index contributed by atoms with van der Waals surface area (Å²) in [5.41, 5.74) is 3.32. The number of nitriles is 1. The first kappa shape index (κ1) is 20.4. The van der Waals surface area contributed by atoms with Gasteiger partial charge in [0.05, 0.1) is 23.4 Å². The van der Waals surface area contributed by atoms with Crippen LogP contribution in [0.2, 0.25) is 0 Å². The second kappa shape index (κ2) is 10.3. The molecule has 0 bridgehead atoms. The van der Waals surface area contributed by atoms with Crippen molar-refractivity contribution in [2.75, 3.05) is 6.61 Å². The van der Waals surface area contributed by atoms with Gasteiger partial charge in [-0.2, -0.15) is 10.4 Å².